The van der Waals surface area contributed by atoms with Gasteiger partial charge in [0.05, 0.1) is 0 Å². The molecule has 4 heteroatoms. The summed E-state index contributed by atoms with van der Waals surface area (Å²) in [7, 11) is 10.5. The van der Waals surface area contributed by atoms with Crippen LogP contribution in [0.15, 0.2) is 47.6 Å². The van der Waals surface area contributed by atoms with Gasteiger partial charge in [0.1, 0.15) is 0 Å². The Balaban J connectivity index is 0.000000341. The first-order valence-corrected chi connectivity index (χ1v) is 20.3. The third-order valence-electron chi connectivity index (χ3n) is 4.42. The molecule has 0 saturated heterocycles. The second-order valence-electron chi connectivity index (χ2n) is 5.96. The molecule has 4 aliphatic rings. The molecule has 2 saturated carbocycles. The fourth-order valence-electron chi connectivity index (χ4n) is 3.33. The van der Waals surface area contributed by atoms with Crippen LogP contribution in [0.4, 0.5) is 0 Å². The molecule has 4 aliphatic carbocycles. The van der Waals surface area contributed by atoms with Crippen LogP contribution in [0.2, 0.25) is 0 Å². The van der Waals surface area contributed by atoms with Crippen molar-refractivity contribution in [3.8, 4) is 0 Å². The maximum atomic E-state index is 5.25. The van der Waals surface area contributed by atoms with Crippen molar-refractivity contribution in [2.45, 2.75) is 38.5 Å². The summed E-state index contributed by atoms with van der Waals surface area (Å²) < 4.78 is 0. The van der Waals surface area contributed by atoms with E-state index in [1.54, 1.807) is 18.0 Å². The molecule has 0 heterocycles. The van der Waals surface area contributed by atoms with Crippen molar-refractivity contribution in [2.24, 2.45) is 11.8 Å². The molecule has 0 aromatic rings. The maximum absolute atomic E-state index is 5.25. The molecule has 4 rings (SSSR count). The minimum atomic E-state index is -1.57. The van der Waals surface area contributed by atoms with Gasteiger partial charge in [0, 0.05) is 0 Å². The molecule has 2 atom stereocenters. The fraction of sp³-hybridized carbons (Fsp3) is 0.400. The number of halogens is 2. The Kier molecular flexibility index (Phi) is 13.8. The summed E-state index contributed by atoms with van der Waals surface area (Å²) in [4.78, 5) is 0. The molecule has 0 aromatic carbocycles. The molecule has 0 N–H and O–H groups in total. The SMILES string of the molecule is C1=CCC2CC[CH-]C2=C1.C1=CCC2CC[CH-]C2=C1.[CH3-].[CH3-].[SiH2]=[Zr]([Cl])[Cl]. The van der Waals surface area contributed by atoms with Crippen LogP contribution >= 0.6 is 17.0 Å². The van der Waals surface area contributed by atoms with Gasteiger partial charge in [0.25, 0.3) is 0 Å². The normalized spacial score (nSPS) is 24.4. The molecule has 0 nitrogen and oxygen atoms in total. The topological polar surface area (TPSA) is 0 Å². The molecular weight excluding hydrogens is 430 g/mol. The van der Waals surface area contributed by atoms with Gasteiger partial charge < -0.3 is 14.9 Å². The molecule has 0 spiro atoms. The third-order valence-corrected chi connectivity index (χ3v) is 4.42. The van der Waals surface area contributed by atoms with Gasteiger partial charge in [-0.3, -0.25) is 0 Å². The van der Waals surface area contributed by atoms with Crippen LogP contribution in [0, 0.1) is 39.5 Å². The number of rotatable bonds is 0. The zero-order valence-electron chi connectivity index (χ0n) is 15.0. The van der Waals surface area contributed by atoms with Gasteiger partial charge in [0.2, 0.25) is 0 Å². The number of hydrogen-bond acceptors (Lipinski definition) is 0. The van der Waals surface area contributed by atoms with Crippen molar-refractivity contribution in [1.29, 1.82) is 0 Å². The van der Waals surface area contributed by atoms with E-state index in [1.165, 1.54) is 38.5 Å². The van der Waals surface area contributed by atoms with Crippen molar-refractivity contribution < 1.29 is 18.0 Å². The van der Waals surface area contributed by atoms with Crippen LogP contribution in [0.3, 0.4) is 0 Å². The van der Waals surface area contributed by atoms with E-state index in [0.717, 1.165) is 11.8 Å². The van der Waals surface area contributed by atoms with Crippen LogP contribution in [0.1, 0.15) is 38.5 Å². The molecule has 0 bridgehead atoms. The van der Waals surface area contributed by atoms with Gasteiger partial charge in [-0.15, -0.1) is 37.1 Å². The molecule has 0 aromatic heterocycles. The summed E-state index contributed by atoms with van der Waals surface area (Å²) in [5.41, 5.74) is 3.16. The molecule has 24 heavy (non-hydrogen) atoms. The first-order valence-electron chi connectivity index (χ1n) is 8.06. The van der Waals surface area contributed by atoms with Crippen LogP contribution in [-0.2, 0) is 18.0 Å². The van der Waals surface area contributed by atoms with E-state index in [0.29, 0.717) is 0 Å². The first kappa shape index (κ1) is 24.4. The molecule has 2 fully saturated rings. The molecule has 136 valence electrons. The zero-order valence-corrected chi connectivity index (χ0v) is 20.4. The quantitative estimate of drug-likeness (QED) is 0.292. The molecular formula is C20H30Cl2SiZr-4. The van der Waals surface area contributed by atoms with Crippen LogP contribution < -0.4 is 0 Å². The summed E-state index contributed by atoms with van der Waals surface area (Å²) in [6.07, 6.45) is 26.1. The number of hydrogen-bond donors (Lipinski definition) is 0. The Labute approximate surface area is 166 Å². The van der Waals surface area contributed by atoms with E-state index < -0.39 is 18.0 Å². The van der Waals surface area contributed by atoms with Gasteiger partial charge in [-0.2, -0.15) is 0 Å². The van der Waals surface area contributed by atoms with Gasteiger partial charge in [-0.25, -0.2) is 36.1 Å². The molecule has 0 radical (unpaired) electrons. The van der Waals surface area contributed by atoms with E-state index in [1.807, 2.05) is 0 Å². The average molecular weight is 461 g/mol. The predicted octanol–water partition coefficient (Wildman–Crippen LogP) is 6.33. The van der Waals surface area contributed by atoms with Crippen LogP contribution in [0.25, 0.3) is 0 Å². The Morgan fingerprint density at radius 3 is 1.58 bits per heavy atom. The Hall–Kier alpha value is 0.380. The average Bonchev–Trinajstić information content (AvgIpc) is 3.16. The summed E-state index contributed by atoms with van der Waals surface area (Å²) in [6.45, 7) is 1.73. The third kappa shape index (κ3) is 8.65. The number of fused-ring (bicyclic) bond motifs is 2. The monoisotopic (exact) mass is 458 g/mol. The second kappa shape index (κ2) is 13.6. The number of allylic oxidation sites excluding steroid dienone is 8. The van der Waals surface area contributed by atoms with Crippen molar-refractivity contribution >= 4 is 23.9 Å². The van der Waals surface area contributed by atoms with E-state index in [-0.39, 0.29) is 14.9 Å². The predicted molar refractivity (Wildman–Crippen MR) is 111 cm³/mol. The summed E-state index contributed by atoms with van der Waals surface area (Å²) in [6, 6.07) is 0. The van der Waals surface area contributed by atoms with Gasteiger partial charge in [-0.1, -0.05) is 12.8 Å². The van der Waals surface area contributed by atoms with Crippen molar-refractivity contribution in [3.63, 3.8) is 0 Å². The second-order valence-corrected chi connectivity index (χ2v) is 23.7. The van der Waals surface area contributed by atoms with E-state index in [9.17, 15) is 0 Å². The van der Waals surface area contributed by atoms with E-state index in [2.05, 4.69) is 49.3 Å². The minimum absolute atomic E-state index is 0. The van der Waals surface area contributed by atoms with Crippen molar-refractivity contribution in [1.82, 2.24) is 0 Å². The standard InChI is InChI=1S/2C9H11.2CH3.2ClH.H2Si.Zr/c2*1-2-5-9-7-3-6-8(9)4-1;;;;;;/h2*1-2,4,6,9H,3,5,7H2;2*1H3;2*1H;1H2;/q4*-1;;;;+2/p-2. The van der Waals surface area contributed by atoms with E-state index >= 15 is 0 Å². The summed E-state index contributed by atoms with van der Waals surface area (Å²) in [5.74, 6) is 1.77. The molecule has 0 aliphatic heterocycles. The van der Waals surface area contributed by atoms with Gasteiger partial charge in [0.15, 0.2) is 0 Å². The van der Waals surface area contributed by atoms with Crippen molar-refractivity contribution in [3.05, 3.63) is 75.3 Å². The van der Waals surface area contributed by atoms with Gasteiger partial charge >= 0.3 is 41.9 Å². The van der Waals surface area contributed by atoms with Gasteiger partial charge in [-0.05, 0) is 24.7 Å². The Morgan fingerprint density at radius 2 is 1.25 bits per heavy atom. The van der Waals surface area contributed by atoms with Crippen molar-refractivity contribution in [2.75, 3.05) is 0 Å². The fourth-order valence-corrected chi connectivity index (χ4v) is 3.33. The zero-order chi connectivity index (χ0) is 15.8. The first-order chi connectivity index (χ1) is 10.7. The van der Waals surface area contributed by atoms with E-state index in [4.69, 9.17) is 17.0 Å². The summed E-state index contributed by atoms with van der Waals surface area (Å²) in [5, 5.41) is 0. The molecule has 2 unspecified atom stereocenters. The molecule has 0 amide bonds. The Morgan fingerprint density at radius 1 is 0.875 bits per heavy atom. The Bertz CT molecular complexity index is 462. The van der Waals surface area contributed by atoms with Crippen LogP contribution in [-0.4, -0.2) is 6.88 Å². The summed E-state index contributed by atoms with van der Waals surface area (Å²) >= 11 is -1.57. The van der Waals surface area contributed by atoms with Crippen LogP contribution in [0.5, 0.6) is 0 Å².